The van der Waals surface area contributed by atoms with Gasteiger partial charge in [-0.3, -0.25) is 0 Å². The SMILES string of the molecule is CC.Fc1cc(SC(F)(F)F)ccc1COC1CNC1. The highest BCUT2D eigenvalue weighted by atomic mass is 32.2. The third-order valence-electron chi connectivity index (χ3n) is 2.48. The average Bonchev–Trinajstić information content (AvgIpc) is 2.30. The van der Waals surface area contributed by atoms with Crippen molar-refractivity contribution in [3.8, 4) is 0 Å². The number of alkyl halides is 3. The quantitative estimate of drug-likeness (QED) is 0.672. The van der Waals surface area contributed by atoms with Crippen LogP contribution in [0.2, 0.25) is 0 Å². The Labute approximate surface area is 119 Å². The highest BCUT2D eigenvalue weighted by molar-refractivity contribution is 8.00. The third kappa shape index (κ3) is 5.68. The lowest BCUT2D eigenvalue weighted by Gasteiger charge is -2.27. The third-order valence-corrected chi connectivity index (χ3v) is 3.20. The van der Waals surface area contributed by atoms with Crippen LogP contribution in [-0.4, -0.2) is 24.7 Å². The Morgan fingerprint density at radius 1 is 1.30 bits per heavy atom. The number of nitrogens with one attached hydrogen (secondary N) is 1. The van der Waals surface area contributed by atoms with Gasteiger partial charge >= 0.3 is 5.51 Å². The van der Waals surface area contributed by atoms with Gasteiger partial charge in [0.05, 0.1) is 12.7 Å². The summed E-state index contributed by atoms with van der Waals surface area (Å²) in [6.07, 6.45) is 0.0635. The van der Waals surface area contributed by atoms with E-state index in [4.69, 9.17) is 4.74 Å². The summed E-state index contributed by atoms with van der Waals surface area (Å²) in [5, 5.41) is 3.00. The summed E-state index contributed by atoms with van der Waals surface area (Å²) in [4.78, 5) is -0.158. The zero-order chi connectivity index (χ0) is 15.2. The molecule has 0 saturated carbocycles. The van der Waals surface area contributed by atoms with Gasteiger partial charge in [0, 0.05) is 23.5 Å². The van der Waals surface area contributed by atoms with Crippen molar-refractivity contribution < 1.29 is 22.3 Å². The Bertz CT molecular complexity index is 421. The molecule has 2 nitrogen and oxygen atoms in total. The topological polar surface area (TPSA) is 21.3 Å². The lowest BCUT2D eigenvalue weighted by atomic mass is 10.2. The van der Waals surface area contributed by atoms with Crippen molar-refractivity contribution >= 4 is 11.8 Å². The number of benzene rings is 1. The molecule has 0 bridgehead atoms. The Morgan fingerprint density at radius 3 is 2.40 bits per heavy atom. The predicted octanol–water partition coefficient (Wildman–Crippen LogP) is 3.95. The second-order valence-electron chi connectivity index (χ2n) is 3.89. The highest BCUT2D eigenvalue weighted by Crippen LogP contribution is 2.37. The summed E-state index contributed by atoms with van der Waals surface area (Å²) < 4.78 is 55.1. The maximum atomic E-state index is 13.5. The molecule has 1 aliphatic rings. The van der Waals surface area contributed by atoms with Gasteiger partial charge in [0.25, 0.3) is 0 Å². The molecule has 1 heterocycles. The normalized spacial score (nSPS) is 15.3. The number of hydrogen-bond acceptors (Lipinski definition) is 3. The highest BCUT2D eigenvalue weighted by Gasteiger charge is 2.29. The number of halogens is 4. The number of ether oxygens (including phenoxy) is 1. The summed E-state index contributed by atoms with van der Waals surface area (Å²) in [7, 11) is 0. The van der Waals surface area contributed by atoms with Crippen LogP contribution < -0.4 is 5.32 Å². The van der Waals surface area contributed by atoms with E-state index in [-0.39, 0.29) is 34.9 Å². The maximum absolute atomic E-state index is 13.5. The van der Waals surface area contributed by atoms with Gasteiger partial charge in [0.15, 0.2) is 0 Å². The smallest absolute Gasteiger partial charge is 0.371 e. The zero-order valence-electron chi connectivity index (χ0n) is 11.3. The summed E-state index contributed by atoms with van der Waals surface area (Å²) in [5.74, 6) is -0.670. The summed E-state index contributed by atoms with van der Waals surface area (Å²) in [5.41, 5.74) is -4.13. The van der Waals surface area contributed by atoms with Gasteiger partial charge in [-0.25, -0.2) is 4.39 Å². The Balaban J connectivity index is 0.000000956. The molecule has 0 aliphatic carbocycles. The molecule has 0 spiro atoms. The van der Waals surface area contributed by atoms with E-state index >= 15 is 0 Å². The minimum absolute atomic E-state index is 0.0635. The van der Waals surface area contributed by atoms with Crippen LogP contribution in [0, 0.1) is 5.82 Å². The van der Waals surface area contributed by atoms with Gasteiger partial charge in [0.2, 0.25) is 0 Å². The lowest BCUT2D eigenvalue weighted by Crippen LogP contribution is -2.48. The average molecular weight is 311 g/mol. The minimum Gasteiger partial charge on any atom is -0.371 e. The molecule has 1 N–H and O–H groups in total. The van der Waals surface area contributed by atoms with Crippen LogP contribution in [0.25, 0.3) is 0 Å². The second-order valence-corrected chi connectivity index (χ2v) is 5.03. The molecule has 1 aromatic rings. The molecule has 1 fully saturated rings. The van der Waals surface area contributed by atoms with Crippen molar-refractivity contribution in [2.75, 3.05) is 13.1 Å². The van der Waals surface area contributed by atoms with E-state index in [0.29, 0.717) is 0 Å². The standard InChI is InChI=1S/C11H11F4NOS.C2H6/c12-10-3-9(18-11(13,14)15)2-1-7(10)6-17-8-4-16-5-8;1-2/h1-3,8,16H,4-6H2;1-2H3. The monoisotopic (exact) mass is 311 g/mol. The predicted molar refractivity (Wildman–Crippen MR) is 71.1 cm³/mol. The molecule has 0 atom stereocenters. The molecule has 0 amide bonds. The molecule has 0 radical (unpaired) electrons. The molecule has 2 rings (SSSR count). The van der Waals surface area contributed by atoms with Crippen LogP contribution in [0.4, 0.5) is 17.6 Å². The van der Waals surface area contributed by atoms with E-state index in [9.17, 15) is 17.6 Å². The van der Waals surface area contributed by atoms with Crippen molar-refractivity contribution in [1.82, 2.24) is 5.32 Å². The van der Waals surface area contributed by atoms with Crippen molar-refractivity contribution in [3.05, 3.63) is 29.6 Å². The van der Waals surface area contributed by atoms with Gasteiger partial charge in [0.1, 0.15) is 5.82 Å². The van der Waals surface area contributed by atoms with Gasteiger partial charge in [-0.15, -0.1) is 0 Å². The summed E-state index contributed by atoms with van der Waals surface area (Å²) in [6.45, 7) is 5.53. The van der Waals surface area contributed by atoms with Crippen molar-refractivity contribution in [2.45, 2.75) is 37.0 Å². The van der Waals surface area contributed by atoms with Gasteiger partial charge in [-0.2, -0.15) is 13.2 Å². The molecule has 0 unspecified atom stereocenters. The van der Waals surface area contributed by atoms with Crippen LogP contribution >= 0.6 is 11.8 Å². The van der Waals surface area contributed by atoms with E-state index in [1.807, 2.05) is 13.8 Å². The first kappa shape index (κ1) is 17.3. The van der Waals surface area contributed by atoms with E-state index in [2.05, 4.69) is 5.32 Å². The van der Waals surface area contributed by atoms with E-state index in [1.54, 1.807) is 0 Å². The fourth-order valence-corrected chi connectivity index (χ4v) is 2.00. The second kappa shape index (κ2) is 7.85. The van der Waals surface area contributed by atoms with E-state index in [0.717, 1.165) is 19.2 Å². The largest absolute Gasteiger partial charge is 0.446 e. The van der Waals surface area contributed by atoms with Crippen molar-refractivity contribution in [3.63, 3.8) is 0 Å². The fraction of sp³-hybridized carbons (Fsp3) is 0.538. The molecule has 0 aromatic heterocycles. The molecular weight excluding hydrogens is 294 g/mol. The summed E-state index contributed by atoms with van der Waals surface area (Å²) in [6, 6.07) is 3.46. The van der Waals surface area contributed by atoms with Gasteiger partial charge in [-0.05, 0) is 23.9 Å². The molecule has 20 heavy (non-hydrogen) atoms. The molecule has 1 saturated heterocycles. The molecule has 1 aromatic carbocycles. The van der Waals surface area contributed by atoms with E-state index < -0.39 is 11.3 Å². The van der Waals surface area contributed by atoms with Crippen molar-refractivity contribution in [2.24, 2.45) is 0 Å². The molecule has 114 valence electrons. The minimum atomic E-state index is -4.40. The zero-order valence-corrected chi connectivity index (χ0v) is 12.1. The van der Waals surface area contributed by atoms with Crippen molar-refractivity contribution in [1.29, 1.82) is 0 Å². The first-order chi connectivity index (χ1) is 9.44. The number of rotatable bonds is 4. The van der Waals surface area contributed by atoms with Crippen LogP contribution in [-0.2, 0) is 11.3 Å². The number of thioether (sulfide) groups is 1. The van der Waals surface area contributed by atoms with Gasteiger partial charge < -0.3 is 10.1 Å². The lowest BCUT2D eigenvalue weighted by molar-refractivity contribution is -0.0328. The van der Waals surface area contributed by atoms with Crippen LogP contribution in [0.5, 0.6) is 0 Å². The van der Waals surface area contributed by atoms with E-state index in [1.165, 1.54) is 12.1 Å². The summed E-state index contributed by atoms with van der Waals surface area (Å²) >= 11 is -0.327. The van der Waals surface area contributed by atoms with Crippen LogP contribution in [0.15, 0.2) is 23.1 Å². The Hall–Kier alpha value is -0.790. The maximum Gasteiger partial charge on any atom is 0.446 e. The van der Waals surface area contributed by atoms with Gasteiger partial charge in [-0.1, -0.05) is 19.9 Å². The molecule has 1 aliphatic heterocycles. The first-order valence-electron chi connectivity index (χ1n) is 6.30. The number of hydrogen-bond donors (Lipinski definition) is 1. The first-order valence-corrected chi connectivity index (χ1v) is 7.12. The fourth-order valence-electron chi connectivity index (χ4n) is 1.43. The van der Waals surface area contributed by atoms with Crippen LogP contribution in [0.1, 0.15) is 19.4 Å². The Morgan fingerprint density at radius 2 is 1.95 bits per heavy atom. The van der Waals surface area contributed by atoms with Crippen LogP contribution in [0.3, 0.4) is 0 Å². The molecule has 7 heteroatoms. The Kier molecular flexibility index (Phi) is 6.78. The molecular formula is C13H17F4NOS.